The summed E-state index contributed by atoms with van der Waals surface area (Å²) >= 11 is 4.60. The summed E-state index contributed by atoms with van der Waals surface area (Å²) in [6.45, 7) is 2.24. The first-order valence-electron chi connectivity index (χ1n) is 9.44. The molecule has 0 aliphatic heterocycles. The Morgan fingerprint density at radius 2 is 1.81 bits per heavy atom. The third-order valence-corrected chi connectivity index (χ3v) is 5.78. The predicted octanol–water partition coefficient (Wildman–Crippen LogP) is 6.59. The molecule has 0 radical (unpaired) electrons. The van der Waals surface area contributed by atoms with Crippen LogP contribution in [0.25, 0.3) is 17.2 Å². The summed E-state index contributed by atoms with van der Waals surface area (Å²) in [6.07, 6.45) is 5.47. The number of fused-ring (bicyclic) bond motifs is 1. The highest BCUT2D eigenvalue weighted by molar-refractivity contribution is 7.80. The van der Waals surface area contributed by atoms with E-state index in [1.54, 1.807) is 7.11 Å². The van der Waals surface area contributed by atoms with Crippen molar-refractivity contribution in [2.75, 3.05) is 7.11 Å². The fourth-order valence-corrected chi connectivity index (χ4v) is 4.04. The fourth-order valence-electron chi connectivity index (χ4n) is 3.76. The van der Waals surface area contributed by atoms with Crippen molar-refractivity contribution in [3.05, 3.63) is 88.5 Å². The number of methoxy groups -OCH3 is 1. The molecule has 0 saturated carbocycles. The number of allylic oxidation sites excluding steroid dienone is 1. The Hall–Kier alpha value is -2.45. The van der Waals surface area contributed by atoms with Gasteiger partial charge in [0.25, 0.3) is 0 Å². The van der Waals surface area contributed by atoms with Gasteiger partial charge in [0.1, 0.15) is 5.75 Å². The van der Waals surface area contributed by atoms with Crippen molar-refractivity contribution >= 4 is 18.7 Å². The van der Waals surface area contributed by atoms with E-state index in [0.717, 1.165) is 29.9 Å². The number of thiol groups is 1. The molecule has 0 N–H and O–H groups in total. The van der Waals surface area contributed by atoms with E-state index in [0.29, 0.717) is 0 Å². The Morgan fingerprint density at radius 1 is 1.00 bits per heavy atom. The van der Waals surface area contributed by atoms with Gasteiger partial charge in [-0.15, -0.1) is 12.6 Å². The zero-order chi connectivity index (χ0) is 18.8. The quantitative estimate of drug-likeness (QED) is 0.497. The minimum atomic E-state index is 0.844. The van der Waals surface area contributed by atoms with Gasteiger partial charge in [0, 0.05) is 4.90 Å². The first kappa shape index (κ1) is 17.9. The van der Waals surface area contributed by atoms with Gasteiger partial charge in [-0.2, -0.15) is 0 Å². The normalized spacial score (nSPS) is 12.6. The molecule has 2 heteroatoms. The minimum absolute atomic E-state index is 0.844. The summed E-state index contributed by atoms with van der Waals surface area (Å²) < 4.78 is 5.26. The fraction of sp³-hybridized carbons (Fsp3) is 0.200. The van der Waals surface area contributed by atoms with Crippen molar-refractivity contribution in [2.45, 2.75) is 31.1 Å². The van der Waals surface area contributed by atoms with E-state index in [4.69, 9.17) is 4.74 Å². The Morgan fingerprint density at radius 3 is 2.52 bits per heavy atom. The van der Waals surface area contributed by atoms with Gasteiger partial charge in [-0.25, -0.2) is 0 Å². The summed E-state index contributed by atoms with van der Waals surface area (Å²) in [7, 11) is 1.68. The Bertz CT molecular complexity index is 999. The monoisotopic (exact) mass is 372 g/mol. The first-order valence-corrected chi connectivity index (χ1v) is 9.89. The Labute approximate surface area is 167 Å². The minimum Gasteiger partial charge on any atom is -0.497 e. The predicted molar refractivity (Wildman–Crippen MR) is 117 cm³/mol. The van der Waals surface area contributed by atoms with Gasteiger partial charge < -0.3 is 4.74 Å². The Kier molecular flexibility index (Phi) is 5.09. The van der Waals surface area contributed by atoms with Crippen molar-refractivity contribution in [3.8, 4) is 16.9 Å². The van der Waals surface area contributed by atoms with Crippen LogP contribution in [0.15, 0.2) is 71.1 Å². The van der Waals surface area contributed by atoms with Crippen LogP contribution in [0.1, 0.15) is 35.6 Å². The number of benzene rings is 3. The summed E-state index contributed by atoms with van der Waals surface area (Å²) in [4.78, 5) is 0.969. The molecule has 4 rings (SSSR count). The van der Waals surface area contributed by atoms with Crippen molar-refractivity contribution in [3.63, 3.8) is 0 Å². The van der Waals surface area contributed by atoms with Crippen LogP contribution < -0.4 is 4.74 Å². The molecule has 0 heterocycles. The first-order chi connectivity index (χ1) is 13.2. The molecule has 0 spiro atoms. The molecule has 27 heavy (non-hydrogen) atoms. The molecule has 3 aromatic carbocycles. The number of hydrogen-bond donors (Lipinski definition) is 1. The molecule has 1 aliphatic carbocycles. The van der Waals surface area contributed by atoms with Crippen LogP contribution in [-0.4, -0.2) is 7.11 Å². The lowest BCUT2D eigenvalue weighted by atomic mass is 9.95. The molecule has 0 bridgehead atoms. The van der Waals surface area contributed by atoms with Gasteiger partial charge in [0.2, 0.25) is 0 Å². The van der Waals surface area contributed by atoms with Crippen LogP contribution in [0.5, 0.6) is 5.75 Å². The second kappa shape index (κ2) is 7.66. The molecule has 1 aliphatic rings. The summed E-state index contributed by atoms with van der Waals surface area (Å²) in [5.74, 6) is 0.844. The van der Waals surface area contributed by atoms with E-state index >= 15 is 0 Å². The second-order valence-electron chi connectivity index (χ2n) is 7.08. The lowest BCUT2D eigenvalue weighted by molar-refractivity contribution is 0.413. The molecule has 0 unspecified atom stereocenters. The summed E-state index contributed by atoms with van der Waals surface area (Å²) in [5, 5.41) is 0. The molecule has 0 fully saturated rings. The van der Waals surface area contributed by atoms with Gasteiger partial charge in [0.05, 0.1) is 7.11 Å². The second-order valence-corrected chi connectivity index (χ2v) is 7.56. The summed E-state index contributed by atoms with van der Waals surface area (Å²) in [5.41, 5.74) is 9.49. The lowest BCUT2D eigenvalue weighted by Crippen LogP contribution is -1.92. The smallest absolute Gasteiger partial charge is 0.119 e. The van der Waals surface area contributed by atoms with Gasteiger partial charge >= 0.3 is 0 Å². The van der Waals surface area contributed by atoms with E-state index < -0.39 is 0 Å². The van der Waals surface area contributed by atoms with Gasteiger partial charge in [0.15, 0.2) is 0 Å². The lowest BCUT2D eigenvalue weighted by Gasteiger charge is -2.10. The van der Waals surface area contributed by atoms with E-state index in [2.05, 4.69) is 74.2 Å². The maximum absolute atomic E-state index is 5.26. The van der Waals surface area contributed by atoms with Crippen molar-refractivity contribution in [2.24, 2.45) is 0 Å². The average molecular weight is 373 g/mol. The van der Waals surface area contributed by atoms with E-state index in [-0.39, 0.29) is 0 Å². The van der Waals surface area contributed by atoms with Crippen LogP contribution in [0.3, 0.4) is 0 Å². The molecule has 136 valence electrons. The molecule has 3 aromatic rings. The van der Waals surface area contributed by atoms with E-state index in [1.807, 2.05) is 12.1 Å². The topological polar surface area (TPSA) is 9.23 Å². The highest BCUT2D eigenvalue weighted by Crippen LogP contribution is 2.35. The number of rotatable bonds is 5. The standard InChI is InChI=1S/C25H24OS/c1-3-17-13-20-5-4-6-23(24(20)15-17)19-9-7-18(8-10-19)14-21-11-12-22(26-2)16-25(21)27/h4-12,15-16,27H,3,13-14H2,1-2H3. The molecular weight excluding hydrogens is 348 g/mol. The van der Waals surface area contributed by atoms with Gasteiger partial charge in [-0.3, -0.25) is 0 Å². The third kappa shape index (κ3) is 3.68. The highest BCUT2D eigenvalue weighted by atomic mass is 32.1. The van der Waals surface area contributed by atoms with Crippen LogP contribution in [0, 0.1) is 0 Å². The molecule has 1 nitrogen and oxygen atoms in total. The third-order valence-electron chi connectivity index (χ3n) is 5.37. The van der Waals surface area contributed by atoms with Crippen molar-refractivity contribution in [1.29, 1.82) is 0 Å². The largest absolute Gasteiger partial charge is 0.497 e. The molecule has 0 atom stereocenters. The SMILES string of the molecule is CCC1=Cc2c(cccc2-c2ccc(Cc3ccc(OC)cc3S)cc2)C1. The Balaban J connectivity index is 1.59. The molecule has 0 amide bonds. The van der Waals surface area contributed by atoms with E-state index in [9.17, 15) is 0 Å². The van der Waals surface area contributed by atoms with Crippen LogP contribution in [0.2, 0.25) is 0 Å². The average Bonchev–Trinajstić information content (AvgIpc) is 3.13. The highest BCUT2D eigenvalue weighted by Gasteiger charge is 2.15. The molecule has 0 aromatic heterocycles. The number of ether oxygens (including phenoxy) is 1. The van der Waals surface area contributed by atoms with Gasteiger partial charge in [-0.05, 0) is 64.8 Å². The van der Waals surface area contributed by atoms with Crippen molar-refractivity contribution in [1.82, 2.24) is 0 Å². The maximum atomic E-state index is 5.26. The van der Waals surface area contributed by atoms with Crippen LogP contribution >= 0.6 is 12.6 Å². The molecule has 0 saturated heterocycles. The zero-order valence-corrected chi connectivity index (χ0v) is 16.7. The maximum Gasteiger partial charge on any atom is 0.119 e. The van der Waals surface area contributed by atoms with Gasteiger partial charge in [-0.1, -0.05) is 67.1 Å². The summed E-state index contributed by atoms with van der Waals surface area (Å²) in [6, 6.07) is 21.7. The zero-order valence-electron chi connectivity index (χ0n) is 15.8. The van der Waals surface area contributed by atoms with E-state index in [1.165, 1.54) is 39.0 Å². The van der Waals surface area contributed by atoms with Crippen LogP contribution in [0.4, 0.5) is 0 Å². The number of hydrogen-bond acceptors (Lipinski definition) is 2. The van der Waals surface area contributed by atoms with Crippen molar-refractivity contribution < 1.29 is 4.74 Å². The van der Waals surface area contributed by atoms with Crippen LogP contribution in [-0.2, 0) is 12.8 Å². The molecular formula is C25H24OS.